The second-order valence-corrected chi connectivity index (χ2v) is 70.1. The molecular formula is C35H95O14Si13. The molecule has 0 aromatic carbocycles. The van der Waals surface area contributed by atoms with Gasteiger partial charge in [0.1, 0.15) is 6.10 Å². The summed E-state index contributed by atoms with van der Waals surface area (Å²) in [6, 6.07) is 0.841. The normalized spacial score (nSPS) is 18.4. The largest absolute Gasteiger partial charge is 0.436 e. The third-order valence-corrected chi connectivity index (χ3v) is 60.6. The van der Waals surface area contributed by atoms with Gasteiger partial charge in [0, 0.05) is 6.61 Å². The van der Waals surface area contributed by atoms with Gasteiger partial charge in [-0.15, -0.1) is 0 Å². The van der Waals surface area contributed by atoms with Gasteiger partial charge in [-0.3, -0.25) is 0 Å². The van der Waals surface area contributed by atoms with Crippen LogP contribution in [-0.2, 0) is 58.9 Å². The van der Waals surface area contributed by atoms with Crippen molar-refractivity contribution in [2.45, 2.75) is 208 Å². The van der Waals surface area contributed by atoms with Gasteiger partial charge >= 0.3 is 94.2 Å². The van der Waals surface area contributed by atoms with E-state index < -0.39 is 112 Å². The van der Waals surface area contributed by atoms with E-state index in [4.69, 9.17) is 58.9 Å². The highest BCUT2D eigenvalue weighted by Gasteiger charge is 2.52. The lowest BCUT2D eigenvalue weighted by molar-refractivity contribution is 0.115. The van der Waals surface area contributed by atoms with E-state index in [0.717, 1.165) is 19.1 Å². The predicted molar refractivity (Wildman–Crippen MR) is 284 cm³/mol. The molecule has 0 aromatic heterocycles. The monoisotopic (exact) mass is 1100 g/mol. The Labute approximate surface area is 395 Å². The van der Waals surface area contributed by atoms with Crippen molar-refractivity contribution in [3.05, 3.63) is 0 Å². The van der Waals surface area contributed by atoms with Crippen LogP contribution in [0.25, 0.3) is 0 Å². The van der Waals surface area contributed by atoms with Crippen molar-refractivity contribution in [1.29, 1.82) is 0 Å². The van der Waals surface area contributed by atoms with E-state index in [2.05, 4.69) is 184 Å². The molecule has 0 aliphatic carbocycles. The maximum Gasteiger partial charge on any atom is 0.315 e. The van der Waals surface area contributed by atoms with E-state index in [9.17, 15) is 0 Å². The zero-order valence-corrected chi connectivity index (χ0v) is 57.8. The van der Waals surface area contributed by atoms with Crippen LogP contribution in [0, 0.1) is 0 Å². The van der Waals surface area contributed by atoms with Crippen LogP contribution in [0.15, 0.2) is 0 Å². The van der Waals surface area contributed by atoms with Crippen molar-refractivity contribution in [3.63, 3.8) is 0 Å². The van der Waals surface area contributed by atoms with Crippen LogP contribution in [0.1, 0.15) is 27.2 Å². The Kier molecular flexibility index (Phi) is 22.2. The lowest BCUT2D eigenvalue weighted by atomic mass is 10.2. The Hall–Kier alpha value is 2.26. The maximum absolute atomic E-state index is 6.92. The first-order valence-electron chi connectivity index (χ1n) is 22.4. The standard InChI is InChI=1S/C35H95O14Si13/c1-35(2,3)51(6,7)39-52(8,9)40-53(10,11)41-54(12,13)42-55(14,15)43-56(16,17)44-57(18,19)45-58(20,21)46-59(22,23)47-60(24,25)48-61(26,27)49-62(28,38-50(4)5)31-29-30-36-32-34-33-37-34/h34H,29-33H2,1-28H3. The molecular weight excluding hydrogens is 1010 g/mol. The molecule has 1 saturated heterocycles. The second kappa shape index (κ2) is 22.1. The first-order chi connectivity index (χ1) is 27.0. The second-order valence-electron chi connectivity index (χ2n) is 23.2. The minimum Gasteiger partial charge on any atom is -0.436 e. The fourth-order valence-corrected chi connectivity index (χ4v) is 72.2. The van der Waals surface area contributed by atoms with Gasteiger partial charge in [0.05, 0.1) is 13.2 Å². The SMILES string of the molecule is C[Si](C)O[Si](C)(CCCOCC1CO1)O[Si](C)(C)O[Si](C)(C)O[Si](C)(C)O[Si](C)(C)O[Si](C)(C)O[Si](C)(C)O[Si](C)(C)O[Si](C)(C)O[Si](C)(C)O[Si](C)(C)O[Si](C)(C)C(C)(C)C. The van der Waals surface area contributed by atoms with Crippen LogP contribution >= 0.6 is 0 Å². The third-order valence-electron chi connectivity index (χ3n) is 9.24. The van der Waals surface area contributed by atoms with Gasteiger partial charge in [-0.25, -0.2) is 0 Å². The van der Waals surface area contributed by atoms with Crippen LogP contribution in [0.2, 0.25) is 175 Å². The Morgan fingerprint density at radius 3 is 0.935 bits per heavy atom. The fraction of sp³-hybridized carbons (Fsp3) is 1.00. The molecule has 27 heteroatoms. The molecule has 1 fully saturated rings. The highest BCUT2D eigenvalue weighted by atomic mass is 28.5. The molecule has 2 unspecified atom stereocenters. The van der Waals surface area contributed by atoms with Crippen LogP contribution in [-0.4, -0.2) is 137 Å². The van der Waals surface area contributed by atoms with E-state index in [1.807, 2.05) is 0 Å². The van der Waals surface area contributed by atoms with Crippen LogP contribution in [0.5, 0.6) is 0 Å². The van der Waals surface area contributed by atoms with Crippen molar-refractivity contribution < 1.29 is 58.9 Å². The number of ether oxygens (including phenoxy) is 2. The van der Waals surface area contributed by atoms with E-state index in [0.29, 0.717) is 13.2 Å². The molecule has 0 aromatic rings. The van der Waals surface area contributed by atoms with Crippen LogP contribution in [0.3, 0.4) is 0 Å². The predicted octanol–water partition coefficient (Wildman–Crippen LogP) is 11.3. The summed E-state index contributed by atoms with van der Waals surface area (Å²) in [7, 11) is -32.6. The molecule has 1 radical (unpaired) electrons. The molecule has 0 amide bonds. The number of epoxide rings is 1. The molecule has 1 heterocycles. The average molecular weight is 1110 g/mol. The van der Waals surface area contributed by atoms with E-state index in [1.165, 1.54) is 0 Å². The first-order valence-corrected chi connectivity index (χ1v) is 58.4. The molecule has 1 aliphatic rings. The summed E-state index contributed by atoms with van der Waals surface area (Å²) in [5.41, 5.74) is 0. The minimum absolute atomic E-state index is 0.0932. The average Bonchev–Trinajstić information content (AvgIpc) is 3.68. The van der Waals surface area contributed by atoms with E-state index in [1.54, 1.807) is 0 Å². The molecule has 62 heavy (non-hydrogen) atoms. The lowest BCUT2D eigenvalue weighted by Gasteiger charge is -2.46. The van der Waals surface area contributed by atoms with Gasteiger partial charge in [-0.05, 0) is 181 Å². The summed E-state index contributed by atoms with van der Waals surface area (Å²) in [6.45, 7) is 61.7. The molecule has 14 nitrogen and oxygen atoms in total. The van der Waals surface area contributed by atoms with E-state index >= 15 is 0 Å². The quantitative estimate of drug-likeness (QED) is 0.0384. The molecule has 0 saturated carbocycles. The molecule has 2 atom stereocenters. The van der Waals surface area contributed by atoms with Gasteiger partial charge < -0.3 is 58.9 Å². The van der Waals surface area contributed by atoms with Gasteiger partial charge in [0.25, 0.3) is 0 Å². The summed E-state index contributed by atoms with van der Waals surface area (Å²) in [5.74, 6) is 0. The Balaban J connectivity index is 2.93. The molecule has 0 spiro atoms. The maximum atomic E-state index is 6.92. The zero-order valence-electron chi connectivity index (χ0n) is 44.8. The van der Waals surface area contributed by atoms with Crippen molar-refractivity contribution in [2.75, 3.05) is 19.8 Å². The van der Waals surface area contributed by atoms with Gasteiger partial charge in [-0.2, -0.15) is 0 Å². The smallest absolute Gasteiger partial charge is 0.315 e. The minimum atomic E-state index is -2.77. The topological polar surface area (TPSA) is 133 Å². The summed E-state index contributed by atoms with van der Waals surface area (Å²) < 4.78 is 93.2. The number of hydrogen-bond acceptors (Lipinski definition) is 14. The first kappa shape index (κ1) is 62.3. The van der Waals surface area contributed by atoms with Gasteiger partial charge in [0.15, 0.2) is 17.4 Å². The summed E-state index contributed by atoms with van der Waals surface area (Å²) in [6.07, 6.45) is 1.14. The Bertz CT molecular complexity index is 1410. The van der Waals surface area contributed by atoms with Crippen molar-refractivity contribution in [1.82, 2.24) is 0 Å². The highest BCUT2D eigenvalue weighted by molar-refractivity contribution is 6.94. The third kappa shape index (κ3) is 26.3. The Morgan fingerprint density at radius 1 is 0.435 bits per heavy atom. The van der Waals surface area contributed by atoms with Crippen molar-refractivity contribution in [3.8, 4) is 0 Å². The fourth-order valence-electron chi connectivity index (χ4n) is 8.25. The molecule has 0 bridgehead atoms. The van der Waals surface area contributed by atoms with Crippen molar-refractivity contribution in [2.24, 2.45) is 0 Å². The highest BCUT2D eigenvalue weighted by Crippen LogP contribution is 2.39. The van der Waals surface area contributed by atoms with Crippen LogP contribution in [0.4, 0.5) is 0 Å². The molecule has 371 valence electrons. The van der Waals surface area contributed by atoms with E-state index in [-0.39, 0.29) is 11.1 Å². The summed E-state index contributed by atoms with van der Waals surface area (Å²) >= 11 is 0. The number of hydrogen-bond donors (Lipinski definition) is 0. The van der Waals surface area contributed by atoms with Gasteiger partial charge in [-0.1, -0.05) is 20.8 Å². The summed E-state index contributed by atoms with van der Waals surface area (Å²) in [4.78, 5) is 0. The lowest BCUT2D eigenvalue weighted by Crippen LogP contribution is -2.63. The van der Waals surface area contributed by atoms with Gasteiger partial charge in [0.2, 0.25) is 0 Å². The van der Waals surface area contributed by atoms with Crippen molar-refractivity contribution >= 4 is 112 Å². The van der Waals surface area contributed by atoms with Crippen LogP contribution < -0.4 is 0 Å². The Morgan fingerprint density at radius 2 is 0.694 bits per heavy atom. The molecule has 1 rings (SSSR count). The summed E-state index contributed by atoms with van der Waals surface area (Å²) in [5, 5.41) is 0.0932. The number of rotatable bonds is 30. The zero-order chi connectivity index (χ0) is 49.1. The molecule has 0 N–H and O–H groups in total. The molecule has 1 aliphatic heterocycles.